The fourth-order valence-electron chi connectivity index (χ4n) is 4.47. The highest BCUT2D eigenvalue weighted by molar-refractivity contribution is 7.98. The van der Waals surface area contributed by atoms with Gasteiger partial charge in [-0.2, -0.15) is 0 Å². The minimum absolute atomic E-state index is 0.0995. The third-order valence-corrected chi connectivity index (χ3v) is 6.84. The number of hydrogen-bond donors (Lipinski definition) is 1. The van der Waals surface area contributed by atoms with E-state index in [1.807, 2.05) is 35.4 Å². The van der Waals surface area contributed by atoms with Crippen molar-refractivity contribution in [1.82, 2.24) is 10.2 Å². The fourth-order valence-corrected chi connectivity index (χ4v) is 4.88. The second-order valence-electron chi connectivity index (χ2n) is 7.88. The molecule has 1 saturated heterocycles. The van der Waals surface area contributed by atoms with Gasteiger partial charge in [0, 0.05) is 30.1 Å². The predicted molar refractivity (Wildman–Crippen MR) is 122 cm³/mol. The SMILES string of the molecule is CCN1c2cc(C(=O)NCc3ccc(SC)cc3)ccc2C(=O)N2CCCCC[C@@H]21. The second kappa shape index (κ2) is 9.13. The number of benzene rings is 2. The maximum absolute atomic E-state index is 13.1. The molecule has 2 aromatic carbocycles. The molecule has 0 saturated carbocycles. The van der Waals surface area contributed by atoms with Crippen molar-refractivity contribution in [3.8, 4) is 0 Å². The molecule has 2 aliphatic heterocycles. The molecular weight excluding hydrogens is 394 g/mol. The molecule has 0 aromatic heterocycles. The third kappa shape index (κ3) is 4.06. The Morgan fingerprint density at radius 2 is 1.93 bits per heavy atom. The van der Waals surface area contributed by atoms with Gasteiger partial charge < -0.3 is 15.1 Å². The van der Waals surface area contributed by atoms with Crippen molar-refractivity contribution in [2.24, 2.45) is 0 Å². The topological polar surface area (TPSA) is 52.7 Å². The van der Waals surface area contributed by atoms with Crippen LogP contribution in [0.5, 0.6) is 0 Å². The highest BCUT2D eigenvalue weighted by Gasteiger charge is 2.37. The Morgan fingerprint density at radius 3 is 2.67 bits per heavy atom. The average Bonchev–Trinajstić information content (AvgIpc) is 3.04. The van der Waals surface area contributed by atoms with Crippen molar-refractivity contribution >= 4 is 29.3 Å². The summed E-state index contributed by atoms with van der Waals surface area (Å²) in [7, 11) is 0. The Morgan fingerprint density at radius 1 is 1.13 bits per heavy atom. The van der Waals surface area contributed by atoms with Crippen molar-refractivity contribution in [1.29, 1.82) is 0 Å². The molecule has 2 amide bonds. The molecule has 0 bridgehead atoms. The van der Waals surface area contributed by atoms with Gasteiger partial charge in [0.1, 0.15) is 6.17 Å². The molecule has 0 aliphatic carbocycles. The van der Waals surface area contributed by atoms with E-state index in [0.717, 1.165) is 43.6 Å². The number of rotatable bonds is 5. The Labute approximate surface area is 182 Å². The number of nitrogens with zero attached hydrogens (tertiary/aromatic N) is 2. The minimum atomic E-state index is -0.112. The predicted octanol–water partition coefficient (Wildman–Crippen LogP) is 4.52. The molecule has 30 heavy (non-hydrogen) atoms. The molecule has 0 radical (unpaired) electrons. The molecule has 1 fully saturated rings. The molecule has 158 valence electrons. The number of hydrogen-bond acceptors (Lipinski definition) is 4. The largest absolute Gasteiger partial charge is 0.351 e. The number of thioether (sulfide) groups is 1. The van der Waals surface area contributed by atoms with Crippen LogP contribution in [0, 0.1) is 0 Å². The van der Waals surface area contributed by atoms with Crippen molar-refractivity contribution in [3.63, 3.8) is 0 Å². The van der Waals surface area contributed by atoms with Crippen LogP contribution in [0.3, 0.4) is 0 Å². The monoisotopic (exact) mass is 423 g/mol. The lowest BCUT2D eigenvalue weighted by molar-refractivity contribution is 0.0656. The maximum Gasteiger partial charge on any atom is 0.257 e. The van der Waals surface area contributed by atoms with E-state index in [1.54, 1.807) is 17.8 Å². The summed E-state index contributed by atoms with van der Waals surface area (Å²) in [5.74, 6) is -0.0130. The summed E-state index contributed by atoms with van der Waals surface area (Å²) >= 11 is 1.70. The molecule has 4 rings (SSSR count). The van der Waals surface area contributed by atoms with Gasteiger partial charge in [0.25, 0.3) is 11.8 Å². The number of nitrogens with one attached hydrogen (secondary N) is 1. The summed E-state index contributed by atoms with van der Waals surface area (Å²) in [5.41, 5.74) is 3.27. The smallest absolute Gasteiger partial charge is 0.257 e. The van der Waals surface area contributed by atoms with Crippen LogP contribution in [0.4, 0.5) is 5.69 Å². The molecule has 2 aliphatic rings. The van der Waals surface area contributed by atoms with Crippen LogP contribution in [0.2, 0.25) is 0 Å². The maximum atomic E-state index is 13.1. The quantitative estimate of drug-likeness (QED) is 0.719. The van der Waals surface area contributed by atoms with Crippen LogP contribution >= 0.6 is 11.8 Å². The normalized spacial score (nSPS) is 18.5. The number of carbonyl (C=O) groups excluding carboxylic acids is 2. The van der Waals surface area contributed by atoms with Gasteiger partial charge in [0.05, 0.1) is 11.3 Å². The van der Waals surface area contributed by atoms with Crippen LogP contribution in [0.15, 0.2) is 47.4 Å². The molecule has 6 heteroatoms. The number of anilines is 1. The van der Waals surface area contributed by atoms with Gasteiger partial charge in [0.15, 0.2) is 0 Å². The standard InChI is InChI=1S/C24H29N3O2S/c1-3-26-21-15-18(23(28)25-16-17-8-11-19(30-2)12-9-17)10-13-20(21)24(29)27-14-6-4-5-7-22(26)27/h8-13,15,22H,3-7,14,16H2,1-2H3,(H,25,28)/t22-/m1/s1. The highest BCUT2D eigenvalue weighted by Crippen LogP contribution is 2.35. The Kier molecular flexibility index (Phi) is 6.32. The average molecular weight is 424 g/mol. The van der Waals surface area contributed by atoms with Gasteiger partial charge in [-0.15, -0.1) is 11.8 Å². The van der Waals surface area contributed by atoms with Crippen molar-refractivity contribution < 1.29 is 9.59 Å². The Balaban J connectivity index is 1.54. The molecule has 0 spiro atoms. The van der Waals surface area contributed by atoms with Crippen LogP contribution in [0.1, 0.15) is 58.9 Å². The molecular formula is C24H29N3O2S. The zero-order valence-corrected chi connectivity index (χ0v) is 18.5. The summed E-state index contributed by atoms with van der Waals surface area (Å²) in [6.07, 6.45) is 6.50. The second-order valence-corrected chi connectivity index (χ2v) is 8.76. The van der Waals surface area contributed by atoms with Crippen LogP contribution in [-0.4, -0.2) is 42.2 Å². The van der Waals surface area contributed by atoms with Gasteiger partial charge >= 0.3 is 0 Å². The van der Waals surface area contributed by atoms with E-state index in [-0.39, 0.29) is 18.0 Å². The van der Waals surface area contributed by atoms with Gasteiger partial charge in [-0.3, -0.25) is 9.59 Å². The van der Waals surface area contributed by atoms with Gasteiger partial charge in [0.2, 0.25) is 0 Å². The molecule has 0 unspecified atom stereocenters. The lowest BCUT2D eigenvalue weighted by Gasteiger charge is -2.44. The fraction of sp³-hybridized carbons (Fsp3) is 0.417. The van der Waals surface area contributed by atoms with E-state index < -0.39 is 0 Å². The first-order chi connectivity index (χ1) is 14.6. The first kappa shape index (κ1) is 20.8. The highest BCUT2D eigenvalue weighted by atomic mass is 32.2. The summed E-state index contributed by atoms with van der Waals surface area (Å²) in [6.45, 7) is 4.23. The number of fused-ring (bicyclic) bond motifs is 2. The third-order valence-electron chi connectivity index (χ3n) is 6.09. The zero-order valence-electron chi connectivity index (χ0n) is 17.7. The van der Waals surface area contributed by atoms with Crippen LogP contribution in [-0.2, 0) is 6.54 Å². The Hall–Kier alpha value is -2.47. The van der Waals surface area contributed by atoms with E-state index in [1.165, 1.54) is 11.3 Å². The van der Waals surface area contributed by atoms with Gasteiger partial charge in [-0.05, 0) is 68.3 Å². The molecule has 2 heterocycles. The zero-order chi connectivity index (χ0) is 21.1. The van der Waals surface area contributed by atoms with E-state index >= 15 is 0 Å². The van der Waals surface area contributed by atoms with Crippen molar-refractivity contribution in [2.45, 2.75) is 50.2 Å². The summed E-state index contributed by atoms with van der Waals surface area (Å²) in [4.78, 5) is 31.4. The summed E-state index contributed by atoms with van der Waals surface area (Å²) in [6, 6.07) is 13.7. The van der Waals surface area contributed by atoms with E-state index in [9.17, 15) is 9.59 Å². The van der Waals surface area contributed by atoms with Crippen molar-refractivity contribution in [3.05, 3.63) is 59.2 Å². The minimum Gasteiger partial charge on any atom is -0.351 e. The van der Waals surface area contributed by atoms with Crippen LogP contribution < -0.4 is 10.2 Å². The summed E-state index contributed by atoms with van der Waals surface area (Å²) in [5, 5.41) is 3.01. The first-order valence-corrected chi connectivity index (χ1v) is 12.0. The van der Waals surface area contributed by atoms with E-state index in [4.69, 9.17) is 0 Å². The number of amides is 2. The van der Waals surface area contributed by atoms with Gasteiger partial charge in [-0.1, -0.05) is 18.6 Å². The molecule has 2 aromatic rings. The molecule has 1 N–H and O–H groups in total. The lowest BCUT2D eigenvalue weighted by atomic mass is 10.0. The number of carbonyl (C=O) groups is 2. The van der Waals surface area contributed by atoms with E-state index in [0.29, 0.717) is 17.7 Å². The van der Waals surface area contributed by atoms with Crippen molar-refractivity contribution in [2.75, 3.05) is 24.2 Å². The lowest BCUT2D eigenvalue weighted by Crippen LogP contribution is -2.55. The molecule has 5 nitrogen and oxygen atoms in total. The van der Waals surface area contributed by atoms with E-state index in [2.05, 4.69) is 29.3 Å². The first-order valence-electron chi connectivity index (χ1n) is 10.7. The summed E-state index contributed by atoms with van der Waals surface area (Å²) < 4.78 is 0. The molecule has 1 atom stereocenters. The Bertz CT molecular complexity index is 929. The van der Waals surface area contributed by atoms with Gasteiger partial charge in [-0.25, -0.2) is 0 Å². The van der Waals surface area contributed by atoms with Crippen LogP contribution in [0.25, 0.3) is 0 Å².